The van der Waals surface area contributed by atoms with Crippen molar-refractivity contribution in [2.75, 3.05) is 20.2 Å². The summed E-state index contributed by atoms with van der Waals surface area (Å²) in [6.45, 7) is 5.53. The molecule has 2 aliphatic rings. The molecule has 31 heavy (non-hydrogen) atoms. The fourth-order valence-corrected chi connectivity index (χ4v) is 5.21. The number of likely N-dealkylation sites (tertiary alicyclic amines) is 1. The van der Waals surface area contributed by atoms with E-state index in [2.05, 4.69) is 13.8 Å². The van der Waals surface area contributed by atoms with Crippen molar-refractivity contribution in [3.63, 3.8) is 0 Å². The van der Waals surface area contributed by atoms with Crippen LogP contribution in [0, 0.1) is 11.8 Å². The van der Waals surface area contributed by atoms with Crippen molar-refractivity contribution in [3.05, 3.63) is 69.6 Å². The average Bonchev–Trinajstić information content (AvgIpc) is 2.78. The maximum atomic E-state index is 13.5. The minimum atomic E-state index is -0.507. The minimum Gasteiger partial charge on any atom is -0.465 e. The Hall–Kier alpha value is -2.89. The number of amides is 1. The van der Waals surface area contributed by atoms with Crippen LogP contribution in [0.2, 0.25) is 0 Å². The summed E-state index contributed by atoms with van der Waals surface area (Å²) in [5.74, 6) is 0.239. The van der Waals surface area contributed by atoms with Crippen LogP contribution in [0.15, 0.2) is 47.3 Å². The summed E-state index contributed by atoms with van der Waals surface area (Å²) >= 11 is 0. The molecule has 0 unspecified atom stereocenters. The van der Waals surface area contributed by atoms with Crippen LogP contribution in [0.25, 0.3) is 0 Å². The van der Waals surface area contributed by atoms with Crippen LogP contribution in [-0.4, -0.2) is 41.5 Å². The number of methoxy groups -OCH3 is 1. The minimum absolute atomic E-state index is 0.0526. The predicted molar refractivity (Wildman–Crippen MR) is 118 cm³/mol. The van der Waals surface area contributed by atoms with E-state index in [9.17, 15) is 14.4 Å². The number of aromatic nitrogens is 1. The van der Waals surface area contributed by atoms with Gasteiger partial charge in [-0.15, -0.1) is 0 Å². The zero-order valence-electron chi connectivity index (χ0n) is 18.4. The highest BCUT2D eigenvalue weighted by molar-refractivity contribution is 6.05. The maximum Gasteiger partial charge on any atom is 0.338 e. The van der Waals surface area contributed by atoms with Crippen LogP contribution in [-0.2, 0) is 4.74 Å². The molecule has 0 aliphatic carbocycles. The van der Waals surface area contributed by atoms with E-state index in [1.165, 1.54) is 7.11 Å². The number of pyridine rings is 1. The van der Waals surface area contributed by atoms with Crippen molar-refractivity contribution in [2.24, 2.45) is 11.8 Å². The molecule has 2 aliphatic heterocycles. The molecular formula is C25H30N2O4. The van der Waals surface area contributed by atoms with E-state index in [4.69, 9.17) is 4.74 Å². The molecule has 0 saturated carbocycles. The Labute approximate surface area is 182 Å². The molecule has 3 heterocycles. The molecule has 1 saturated heterocycles. The highest BCUT2D eigenvalue weighted by Gasteiger charge is 2.42. The fourth-order valence-electron chi connectivity index (χ4n) is 5.21. The molecule has 1 fully saturated rings. The summed E-state index contributed by atoms with van der Waals surface area (Å²) in [4.78, 5) is 40.3. The lowest BCUT2D eigenvalue weighted by Crippen LogP contribution is -2.51. The third kappa shape index (κ3) is 4.03. The van der Waals surface area contributed by atoms with E-state index in [1.807, 2.05) is 21.6 Å². The molecule has 0 N–H and O–H groups in total. The second-order valence-corrected chi connectivity index (χ2v) is 9.14. The number of ether oxygens (including phenoxy) is 1. The summed E-state index contributed by atoms with van der Waals surface area (Å²) < 4.78 is 6.86. The van der Waals surface area contributed by atoms with Gasteiger partial charge in [0.05, 0.1) is 18.2 Å². The molecule has 1 amide bonds. The first-order valence-electron chi connectivity index (χ1n) is 11.1. The first-order chi connectivity index (χ1) is 14.9. The quantitative estimate of drug-likeness (QED) is 0.686. The molecule has 4 rings (SSSR count). The SMILES string of the molecule is COC(=O)c1ccccc1C(=O)N1C[C@H]2C[C@@H](C1)[C@H](CCC(C)C)n1c2cccc1=O. The van der Waals surface area contributed by atoms with E-state index in [-0.39, 0.29) is 29.3 Å². The normalized spacial score (nSPS) is 22.2. The van der Waals surface area contributed by atoms with Crippen molar-refractivity contribution in [1.29, 1.82) is 0 Å². The van der Waals surface area contributed by atoms with Gasteiger partial charge in [-0.25, -0.2) is 4.79 Å². The fraction of sp³-hybridized carbons (Fsp3) is 0.480. The van der Waals surface area contributed by atoms with Crippen LogP contribution < -0.4 is 5.56 Å². The molecule has 6 nitrogen and oxygen atoms in total. The third-order valence-electron chi connectivity index (χ3n) is 6.69. The van der Waals surface area contributed by atoms with E-state index in [1.54, 1.807) is 30.3 Å². The molecule has 0 radical (unpaired) electrons. The van der Waals surface area contributed by atoms with Crippen LogP contribution >= 0.6 is 0 Å². The number of esters is 1. The largest absolute Gasteiger partial charge is 0.465 e. The van der Waals surface area contributed by atoms with E-state index < -0.39 is 5.97 Å². The first-order valence-corrected chi connectivity index (χ1v) is 11.1. The topological polar surface area (TPSA) is 68.6 Å². The zero-order valence-corrected chi connectivity index (χ0v) is 18.4. The van der Waals surface area contributed by atoms with Crippen LogP contribution in [0.4, 0.5) is 0 Å². The number of rotatable bonds is 5. The molecule has 0 spiro atoms. The van der Waals surface area contributed by atoms with Gasteiger partial charge in [0.15, 0.2) is 0 Å². The van der Waals surface area contributed by atoms with Gasteiger partial charge in [-0.2, -0.15) is 0 Å². The first kappa shape index (κ1) is 21.3. The summed E-state index contributed by atoms with van der Waals surface area (Å²) in [6.07, 6.45) is 2.94. The lowest BCUT2D eigenvalue weighted by Gasteiger charge is -2.47. The Morgan fingerprint density at radius 3 is 2.52 bits per heavy atom. The molecule has 2 bridgehead atoms. The van der Waals surface area contributed by atoms with Gasteiger partial charge in [0.1, 0.15) is 0 Å². The van der Waals surface area contributed by atoms with Crippen LogP contribution in [0.1, 0.15) is 71.5 Å². The molecular weight excluding hydrogens is 392 g/mol. The summed E-state index contributed by atoms with van der Waals surface area (Å²) in [5, 5.41) is 0. The van der Waals surface area contributed by atoms with E-state index in [0.717, 1.165) is 25.0 Å². The Bertz CT molecular complexity index is 1040. The standard InChI is InChI=1S/C25H30N2O4/c1-16(2)11-12-22-18-13-17(21-9-6-10-23(28)27(21)22)14-26(15-18)24(29)19-7-4-5-8-20(19)25(30)31-3/h4-10,16-18,22H,11-15H2,1-3H3/t17-,18+,22+/m1/s1. The van der Waals surface area contributed by atoms with Crippen molar-refractivity contribution < 1.29 is 14.3 Å². The van der Waals surface area contributed by atoms with Crippen molar-refractivity contribution in [1.82, 2.24) is 9.47 Å². The van der Waals surface area contributed by atoms with Crippen LogP contribution in [0.5, 0.6) is 0 Å². The Balaban J connectivity index is 1.68. The van der Waals surface area contributed by atoms with Gasteiger partial charge >= 0.3 is 5.97 Å². The molecule has 1 aromatic heterocycles. The number of piperidine rings is 1. The summed E-state index contributed by atoms with van der Waals surface area (Å²) in [7, 11) is 1.32. The third-order valence-corrected chi connectivity index (χ3v) is 6.69. The van der Waals surface area contributed by atoms with Crippen molar-refractivity contribution in [3.8, 4) is 0 Å². The number of carbonyl (C=O) groups excluding carboxylic acids is 2. The number of carbonyl (C=O) groups is 2. The van der Waals surface area contributed by atoms with Gasteiger partial charge in [-0.05, 0) is 49.3 Å². The van der Waals surface area contributed by atoms with Gasteiger partial charge in [0.25, 0.3) is 11.5 Å². The predicted octanol–water partition coefficient (Wildman–Crippen LogP) is 3.87. The number of nitrogens with zero attached hydrogens (tertiary/aromatic N) is 2. The van der Waals surface area contributed by atoms with Crippen molar-refractivity contribution in [2.45, 2.75) is 45.1 Å². The average molecular weight is 423 g/mol. The molecule has 164 valence electrons. The Morgan fingerprint density at radius 1 is 1.06 bits per heavy atom. The maximum absolute atomic E-state index is 13.5. The van der Waals surface area contributed by atoms with Crippen LogP contribution in [0.3, 0.4) is 0 Å². The number of fused-ring (bicyclic) bond motifs is 4. The number of hydrogen-bond acceptors (Lipinski definition) is 4. The Kier molecular flexibility index (Phi) is 5.99. The zero-order chi connectivity index (χ0) is 22.1. The monoisotopic (exact) mass is 422 g/mol. The van der Waals surface area contributed by atoms with E-state index >= 15 is 0 Å². The smallest absolute Gasteiger partial charge is 0.338 e. The highest BCUT2D eigenvalue weighted by Crippen LogP contribution is 2.43. The van der Waals surface area contributed by atoms with E-state index in [0.29, 0.717) is 30.1 Å². The molecule has 1 aromatic carbocycles. The summed E-state index contributed by atoms with van der Waals surface area (Å²) in [5.41, 5.74) is 1.74. The lowest BCUT2D eigenvalue weighted by atomic mass is 9.76. The van der Waals surface area contributed by atoms with Gasteiger partial charge in [-0.1, -0.05) is 32.0 Å². The highest BCUT2D eigenvalue weighted by atomic mass is 16.5. The van der Waals surface area contributed by atoms with Gasteiger partial charge in [0, 0.05) is 36.8 Å². The number of benzene rings is 1. The molecule has 3 atom stereocenters. The van der Waals surface area contributed by atoms with Crippen molar-refractivity contribution >= 4 is 11.9 Å². The second-order valence-electron chi connectivity index (χ2n) is 9.14. The van der Waals surface area contributed by atoms with Gasteiger partial charge in [0.2, 0.25) is 0 Å². The van der Waals surface area contributed by atoms with Gasteiger partial charge in [-0.3, -0.25) is 9.59 Å². The van der Waals surface area contributed by atoms with Gasteiger partial charge < -0.3 is 14.2 Å². The summed E-state index contributed by atoms with van der Waals surface area (Å²) in [6, 6.07) is 12.4. The molecule has 2 aromatic rings. The second kappa shape index (κ2) is 8.69. The Morgan fingerprint density at radius 2 is 1.81 bits per heavy atom. The molecule has 6 heteroatoms. The lowest BCUT2D eigenvalue weighted by molar-refractivity contribution is 0.0498. The number of hydrogen-bond donors (Lipinski definition) is 0.